The maximum Gasteiger partial charge on any atom is 0.358 e. The van der Waals surface area contributed by atoms with Gasteiger partial charge in [-0.1, -0.05) is 17.6 Å². The molecule has 5 heteroatoms. The van der Waals surface area contributed by atoms with Gasteiger partial charge in [-0.2, -0.15) is 0 Å². The minimum Gasteiger partial charge on any atom is -0.461 e. The van der Waals surface area contributed by atoms with Gasteiger partial charge in [0, 0.05) is 11.9 Å². The van der Waals surface area contributed by atoms with Gasteiger partial charge >= 0.3 is 5.97 Å². The number of carbonyl (C=O) groups is 1. The maximum atomic E-state index is 11.5. The number of imidazole rings is 1. The van der Waals surface area contributed by atoms with E-state index in [0.29, 0.717) is 12.3 Å². The van der Waals surface area contributed by atoms with E-state index >= 15 is 0 Å². The van der Waals surface area contributed by atoms with E-state index < -0.39 is 0 Å². The number of carbonyl (C=O) groups excluding carboxylic acids is 1. The molecule has 0 bridgehead atoms. The quantitative estimate of drug-likeness (QED) is 0.560. The lowest BCUT2D eigenvalue weighted by atomic mass is 9.96. The first-order chi connectivity index (χ1) is 8.20. The fourth-order valence-corrected chi connectivity index (χ4v) is 1.56. The maximum absolute atomic E-state index is 11.5. The van der Waals surface area contributed by atoms with Crippen molar-refractivity contribution in [1.29, 1.82) is 0 Å². The van der Waals surface area contributed by atoms with Crippen LogP contribution in [0.2, 0.25) is 0 Å². The summed E-state index contributed by atoms with van der Waals surface area (Å²) >= 11 is 0. The van der Waals surface area contributed by atoms with E-state index in [2.05, 4.69) is 4.98 Å². The average Bonchev–Trinajstić information content (AvgIpc) is 2.78. The van der Waals surface area contributed by atoms with E-state index in [-0.39, 0.29) is 5.97 Å². The van der Waals surface area contributed by atoms with Crippen LogP contribution in [0.3, 0.4) is 0 Å². The third-order valence-corrected chi connectivity index (χ3v) is 2.37. The smallest absolute Gasteiger partial charge is 0.358 e. The Morgan fingerprint density at radius 2 is 2.35 bits per heavy atom. The Labute approximate surface area is 101 Å². The second-order valence-corrected chi connectivity index (χ2v) is 3.73. The molecule has 1 aromatic heterocycles. The third-order valence-electron chi connectivity index (χ3n) is 2.37. The summed E-state index contributed by atoms with van der Waals surface area (Å²) in [7, 11) is 2.02. The second-order valence-electron chi connectivity index (χ2n) is 3.73. The second kappa shape index (κ2) is 4.87. The molecule has 2 aromatic rings. The first kappa shape index (κ1) is 11.5. The van der Waals surface area contributed by atoms with Crippen molar-refractivity contribution in [2.24, 2.45) is 0 Å². The molecule has 0 aliphatic rings. The summed E-state index contributed by atoms with van der Waals surface area (Å²) in [6.45, 7) is 2.13. The van der Waals surface area contributed by atoms with Crippen molar-refractivity contribution in [3.8, 4) is 5.69 Å². The molecule has 2 rings (SSSR count). The SMILES string of the molecule is Bc1cccc(-n2cnc(C(=O)OCC)c2)c1. The van der Waals surface area contributed by atoms with Gasteiger partial charge < -0.3 is 9.30 Å². The van der Waals surface area contributed by atoms with Gasteiger partial charge in [0.05, 0.1) is 6.61 Å². The molecule has 0 unspecified atom stereocenters. The minimum atomic E-state index is -0.390. The van der Waals surface area contributed by atoms with Crippen molar-refractivity contribution in [2.45, 2.75) is 6.92 Å². The molecule has 0 radical (unpaired) electrons. The zero-order valence-electron chi connectivity index (χ0n) is 9.88. The first-order valence-corrected chi connectivity index (χ1v) is 5.49. The topological polar surface area (TPSA) is 44.1 Å². The summed E-state index contributed by atoms with van der Waals surface area (Å²) < 4.78 is 6.69. The number of hydrogen-bond donors (Lipinski definition) is 0. The van der Waals surface area contributed by atoms with Crippen molar-refractivity contribution >= 4 is 19.3 Å². The Bertz CT molecular complexity index is 537. The molecule has 0 spiro atoms. The van der Waals surface area contributed by atoms with Gasteiger partial charge in [-0.25, -0.2) is 9.78 Å². The predicted octanol–water partition coefficient (Wildman–Crippen LogP) is 0.307. The average molecular weight is 228 g/mol. The summed E-state index contributed by atoms with van der Waals surface area (Å²) in [5, 5.41) is 0. The molecular weight excluding hydrogens is 215 g/mol. The van der Waals surface area contributed by atoms with Gasteiger partial charge in [0.1, 0.15) is 14.2 Å². The largest absolute Gasteiger partial charge is 0.461 e. The monoisotopic (exact) mass is 228 g/mol. The van der Waals surface area contributed by atoms with Crippen molar-refractivity contribution in [3.05, 3.63) is 42.5 Å². The number of esters is 1. The molecule has 0 aliphatic heterocycles. The zero-order valence-corrected chi connectivity index (χ0v) is 9.88. The van der Waals surface area contributed by atoms with Crippen LogP contribution in [0.25, 0.3) is 5.69 Å². The fourth-order valence-electron chi connectivity index (χ4n) is 1.56. The Hall–Kier alpha value is -2.04. The molecule has 17 heavy (non-hydrogen) atoms. The Morgan fingerprint density at radius 1 is 1.53 bits per heavy atom. The standard InChI is InChI=1S/C12H13BN2O2/c1-2-17-12(16)11-7-15(8-14-11)10-5-3-4-9(13)6-10/h3-8H,2,13H2,1H3. The molecule has 0 N–H and O–H groups in total. The van der Waals surface area contributed by atoms with Gasteiger partial charge in [-0.15, -0.1) is 0 Å². The summed E-state index contributed by atoms with van der Waals surface area (Å²) in [4.78, 5) is 15.5. The molecule has 86 valence electrons. The first-order valence-electron chi connectivity index (χ1n) is 5.49. The van der Waals surface area contributed by atoms with Gasteiger partial charge in [-0.3, -0.25) is 0 Å². The number of rotatable bonds is 3. The summed E-state index contributed by atoms with van der Waals surface area (Å²) in [6, 6.07) is 7.97. The summed E-state index contributed by atoms with van der Waals surface area (Å²) in [5.74, 6) is -0.390. The van der Waals surface area contributed by atoms with E-state index in [4.69, 9.17) is 4.74 Å². The summed E-state index contributed by atoms with van der Waals surface area (Å²) in [5.41, 5.74) is 2.47. The zero-order chi connectivity index (χ0) is 12.3. The number of nitrogens with zero attached hydrogens (tertiary/aromatic N) is 2. The van der Waals surface area contributed by atoms with Gasteiger partial charge in [0.15, 0.2) is 5.69 Å². The molecule has 0 atom stereocenters. The van der Waals surface area contributed by atoms with Crippen molar-refractivity contribution in [2.75, 3.05) is 6.61 Å². The van der Waals surface area contributed by atoms with Crippen LogP contribution in [-0.2, 0) is 4.74 Å². The lowest BCUT2D eigenvalue weighted by Gasteiger charge is -2.02. The van der Waals surface area contributed by atoms with Crippen molar-refractivity contribution in [1.82, 2.24) is 9.55 Å². The van der Waals surface area contributed by atoms with Gasteiger partial charge in [0.25, 0.3) is 0 Å². The van der Waals surface area contributed by atoms with Crippen LogP contribution in [0.15, 0.2) is 36.8 Å². The van der Waals surface area contributed by atoms with E-state index in [1.807, 2.05) is 32.1 Å². The molecular formula is C12H13BN2O2. The van der Waals surface area contributed by atoms with Crippen LogP contribution >= 0.6 is 0 Å². The highest BCUT2D eigenvalue weighted by atomic mass is 16.5. The molecule has 1 heterocycles. The minimum absolute atomic E-state index is 0.327. The van der Waals surface area contributed by atoms with Crippen LogP contribution in [0.5, 0.6) is 0 Å². The van der Waals surface area contributed by atoms with E-state index in [0.717, 1.165) is 11.2 Å². The summed E-state index contributed by atoms with van der Waals surface area (Å²) in [6.07, 6.45) is 3.29. The number of ether oxygens (including phenoxy) is 1. The highest BCUT2D eigenvalue weighted by Gasteiger charge is 2.10. The van der Waals surface area contributed by atoms with Crippen molar-refractivity contribution in [3.63, 3.8) is 0 Å². The molecule has 0 fully saturated rings. The Morgan fingerprint density at radius 3 is 3.06 bits per heavy atom. The molecule has 0 saturated carbocycles. The molecule has 0 aliphatic carbocycles. The molecule has 4 nitrogen and oxygen atoms in total. The Kier molecular flexibility index (Phi) is 3.28. The van der Waals surface area contributed by atoms with E-state index in [1.54, 1.807) is 24.0 Å². The highest BCUT2D eigenvalue weighted by Crippen LogP contribution is 2.07. The molecule has 0 saturated heterocycles. The molecule has 0 amide bonds. The van der Waals surface area contributed by atoms with Crippen molar-refractivity contribution < 1.29 is 9.53 Å². The Balaban J connectivity index is 2.27. The van der Waals surface area contributed by atoms with Crippen LogP contribution in [-0.4, -0.2) is 30.0 Å². The number of hydrogen-bond acceptors (Lipinski definition) is 3. The number of benzene rings is 1. The highest BCUT2D eigenvalue weighted by molar-refractivity contribution is 6.32. The lowest BCUT2D eigenvalue weighted by molar-refractivity contribution is 0.0520. The van der Waals surface area contributed by atoms with Crippen LogP contribution in [0, 0.1) is 0 Å². The van der Waals surface area contributed by atoms with Crippen LogP contribution in [0.4, 0.5) is 0 Å². The fraction of sp³-hybridized carbons (Fsp3) is 0.167. The van der Waals surface area contributed by atoms with E-state index in [9.17, 15) is 4.79 Å². The molecule has 1 aromatic carbocycles. The predicted molar refractivity (Wildman–Crippen MR) is 67.7 cm³/mol. The van der Waals surface area contributed by atoms with Gasteiger partial charge in [-0.05, 0) is 19.1 Å². The van der Waals surface area contributed by atoms with Crippen LogP contribution in [0.1, 0.15) is 17.4 Å². The van der Waals surface area contributed by atoms with Crippen LogP contribution < -0.4 is 5.46 Å². The third kappa shape index (κ3) is 2.56. The number of aromatic nitrogens is 2. The van der Waals surface area contributed by atoms with Gasteiger partial charge in [0.2, 0.25) is 0 Å². The normalized spacial score (nSPS) is 10.2. The lowest BCUT2D eigenvalue weighted by Crippen LogP contribution is -2.05. The van der Waals surface area contributed by atoms with E-state index in [1.165, 1.54) is 0 Å².